The van der Waals surface area contributed by atoms with Crippen LogP contribution in [-0.4, -0.2) is 22.8 Å². The summed E-state index contributed by atoms with van der Waals surface area (Å²) < 4.78 is 38.6. The van der Waals surface area contributed by atoms with E-state index in [1.165, 1.54) is 19.2 Å². The molecule has 0 spiro atoms. The Balaban J connectivity index is 1.60. The summed E-state index contributed by atoms with van der Waals surface area (Å²) in [7, 11) is 0. The molecule has 2 aromatic carbocycles. The predicted octanol–water partition coefficient (Wildman–Crippen LogP) is 5.16. The Kier molecular flexibility index (Phi) is 6.97. The molecule has 0 bridgehead atoms. The van der Waals surface area contributed by atoms with Gasteiger partial charge in [0, 0.05) is 17.5 Å². The number of benzene rings is 2. The highest BCUT2D eigenvalue weighted by molar-refractivity contribution is 7.15. The molecule has 3 aromatic rings. The maximum absolute atomic E-state index is 12.9. The number of carbonyl (C=O) groups excluding carboxylic acids is 2. The van der Waals surface area contributed by atoms with Crippen LogP contribution in [0.15, 0.2) is 54.7 Å². The van der Waals surface area contributed by atoms with E-state index < -0.39 is 29.6 Å². The Morgan fingerprint density at radius 3 is 2.61 bits per heavy atom. The zero-order valence-corrected chi connectivity index (χ0v) is 17.7. The Morgan fingerprint density at radius 2 is 1.90 bits per heavy atom. The van der Waals surface area contributed by atoms with Gasteiger partial charge in [-0.15, -0.1) is 11.3 Å². The first-order chi connectivity index (χ1) is 14.6. The number of alkyl halides is 3. The monoisotopic (exact) mass is 467 g/mol. The second kappa shape index (κ2) is 9.49. The van der Waals surface area contributed by atoms with Gasteiger partial charge < -0.3 is 10.6 Å². The molecule has 0 aliphatic rings. The maximum atomic E-state index is 12.9. The summed E-state index contributed by atoms with van der Waals surface area (Å²) in [5.41, 5.74) is 0.0179. The molecule has 162 valence electrons. The summed E-state index contributed by atoms with van der Waals surface area (Å²) in [6.45, 7) is 1.52. The van der Waals surface area contributed by atoms with Crippen LogP contribution in [0.4, 0.5) is 18.3 Å². The summed E-state index contributed by atoms with van der Waals surface area (Å²) in [5, 5.41) is 5.71. The Hall–Kier alpha value is -2.91. The SMILES string of the molecule is CC(NC(=O)c1ccccc1Cl)C(=O)Nc1ncc(Cc2cccc(C(F)(F)F)c2)s1. The van der Waals surface area contributed by atoms with Gasteiger partial charge in [-0.25, -0.2) is 4.98 Å². The Labute approximate surface area is 185 Å². The molecule has 5 nitrogen and oxygen atoms in total. The molecule has 2 amide bonds. The van der Waals surface area contributed by atoms with Gasteiger partial charge in [0.2, 0.25) is 5.91 Å². The van der Waals surface area contributed by atoms with E-state index in [1.807, 2.05) is 0 Å². The van der Waals surface area contributed by atoms with Gasteiger partial charge in [0.25, 0.3) is 5.91 Å². The summed E-state index contributed by atoms with van der Waals surface area (Å²) in [5.74, 6) is -0.974. The quantitative estimate of drug-likeness (QED) is 0.526. The molecule has 1 heterocycles. The van der Waals surface area contributed by atoms with E-state index in [-0.39, 0.29) is 22.1 Å². The molecule has 0 saturated carbocycles. The standard InChI is InChI=1S/C21H17ClF3N3O2S/c1-12(27-19(30)16-7-2-3-8-17(16)22)18(29)28-20-26-11-15(31-20)10-13-5-4-6-14(9-13)21(23,24)25/h2-9,11-12H,10H2,1H3,(H,27,30)(H,26,28,29). The van der Waals surface area contributed by atoms with Gasteiger partial charge in [-0.3, -0.25) is 9.59 Å². The van der Waals surface area contributed by atoms with Gasteiger partial charge in [0.05, 0.1) is 16.1 Å². The summed E-state index contributed by atoms with van der Waals surface area (Å²) in [6.07, 6.45) is -2.67. The molecule has 1 atom stereocenters. The summed E-state index contributed by atoms with van der Waals surface area (Å²) in [6, 6.07) is 10.7. The number of rotatable bonds is 6. The van der Waals surface area contributed by atoms with Crippen molar-refractivity contribution in [2.45, 2.75) is 25.6 Å². The summed E-state index contributed by atoms with van der Waals surface area (Å²) in [4.78, 5) is 29.4. The average molecular weight is 468 g/mol. The molecule has 1 unspecified atom stereocenters. The van der Waals surface area contributed by atoms with Crippen molar-refractivity contribution in [3.63, 3.8) is 0 Å². The second-order valence-corrected chi connectivity index (χ2v) is 8.19. The van der Waals surface area contributed by atoms with Crippen molar-refractivity contribution in [2.24, 2.45) is 0 Å². The average Bonchev–Trinajstić information content (AvgIpc) is 3.14. The number of nitrogens with one attached hydrogen (secondary N) is 2. The highest BCUT2D eigenvalue weighted by Gasteiger charge is 2.30. The lowest BCUT2D eigenvalue weighted by Crippen LogP contribution is -2.41. The molecule has 2 N–H and O–H groups in total. The topological polar surface area (TPSA) is 71.1 Å². The minimum absolute atomic E-state index is 0.246. The maximum Gasteiger partial charge on any atom is 0.416 e. The third-order valence-corrected chi connectivity index (χ3v) is 5.52. The molecule has 0 radical (unpaired) electrons. The molecule has 31 heavy (non-hydrogen) atoms. The first-order valence-corrected chi connectivity index (χ1v) is 10.3. The number of aromatic nitrogens is 1. The van der Waals surface area contributed by atoms with Crippen molar-refractivity contribution in [2.75, 3.05) is 5.32 Å². The molecule has 1 aromatic heterocycles. The number of thiazole rings is 1. The summed E-state index contributed by atoms with van der Waals surface area (Å²) >= 11 is 7.13. The van der Waals surface area contributed by atoms with Crippen molar-refractivity contribution in [1.29, 1.82) is 0 Å². The second-order valence-electron chi connectivity index (χ2n) is 6.67. The fraction of sp³-hybridized carbons (Fsp3) is 0.190. The number of anilines is 1. The van der Waals surface area contributed by atoms with Gasteiger partial charge in [0.1, 0.15) is 6.04 Å². The highest BCUT2D eigenvalue weighted by atomic mass is 35.5. The van der Waals surface area contributed by atoms with E-state index in [0.717, 1.165) is 23.5 Å². The molecule has 3 rings (SSSR count). The zero-order chi connectivity index (χ0) is 22.6. The van der Waals surface area contributed by atoms with Crippen LogP contribution in [0.1, 0.15) is 33.3 Å². The van der Waals surface area contributed by atoms with E-state index in [1.54, 1.807) is 30.3 Å². The molecule has 0 saturated heterocycles. The first-order valence-electron chi connectivity index (χ1n) is 9.10. The fourth-order valence-corrected chi connectivity index (χ4v) is 3.78. The van der Waals surface area contributed by atoms with E-state index in [4.69, 9.17) is 11.6 Å². The molecule has 0 aliphatic heterocycles. The van der Waals surface area contributed by atoms with Crippen molar-refractivity contribution >= 4 is 39.9 Å². The van der Waals surface area contributed by atoms with Crippen LogP contribution in [0.5, 0.6) is 0 Å². The van der Waals surface area contributed by atoms with Crippen molar-refractivity contribution in [1.82, 2.24) is 10.3 Å². The van der Waals surface area contributed by atoms with Gasteiger partial charge in [0.15, 0.2) is 5.13 Å². The third-order valence-electron chi connectivity index (χ3n) is 4.28. The van der Waals surface area contributed by atoms with E-state index in [9.17, 15) is 22.8 Å². The first kappa shape index (κ1) is 22.8. The number of hydrogen-bond acceptors (Lipinski definition) is 4. The number of amides is 2. The molecule has 0 aliphatic carbocycles. The van der Waals surface area contributed by atoms with E-state index >= 15 is 0 Å². The largest absolute Gasteiger partial charge is 0.416 e. The van der Waals surface area contributed by atoms with Crippen LogP contribution in [0.2, 0.25) is 5.02 Å². The van der Waals surface area contributed by atoms with Crippen molar-refractivity contribution < 1.29 is 22.8 Å². The number of hydrogen-bond donors (Lipinski definition) is 2. The van der Waals surface area contributed by atoms with Crippen LogP contribution in [0, 0.1) is 0 Å². The van der Waals surface area contributed by atoms with Gasteiger partial charge in [-0.1, -0.05) is 41.9 Å². The number of halogens is 4. The smallest absolute Gasteiger partial charge is 0.340 e. The predicted molar refractivity (Wildman–Crippen MR) is 113 cm³/mol. The number of carbonyl (C=O) groups is 2. The normalized spacial score (nSPS) is 12.3. The number of nitrogens with zero attached hydrogens (tertiary/aromatic N) is 1. The molecule has 10 heteroatoms. The lowest BCUT2D eigenvalue weighted by atomic mass is 10.1. The van der Waals surface area contributed by atoms with Crippen LogP contribution >= 0.6 is 22.9 Å². The zero-order valence-electron chi connectivity index (χ0n) is 16.2. The lowest BCUT2D eigenvalue weighted by Gasteiger charge is -2.13. The molecule has 0 fully saturated rings. The van der Waals surface area contributed by atoms with Gasteiger partial charge in [-0.05, 0) is 30.7 Å². The highest BCUT2D eigenvalue weighted by Crippen LogP contribution is 2.30. The minimum Gasteiger partial charge on any atom is -0.340 e. The van der Waals surface area contributed by atoms with Crippen molar-refractivity contribution in [3.05, 3.63) is 81.3 Å². The van der Waals surface area contributed by atoms with Gasteiger partial charge in [-0.2, -0.15) is 13.2 Å². The Morgan fingerprint density at radius 1 is 1.16 bits per heavy atom. The fourth-order valence-electron chi connectivity index (χ4n) is 2.70. The Bertz CT molecular complexity index is 1100. The molecular weight excluding hydrogens is 451 g/mol. The molecular formula is C21H17ClF3N3O2S. The van der Waals surface area contributed by atoms with Crippen LogP contribution in [0.3, 0.4) is 0 Å². The third kappa shape index (κ3) is 6.05. The lowest BCUT2D eigenvalue weighted by molar-refractivity contribution is -0.137. The van der Waals surface area contributed by atoms with Gasteiger partial charge >= 0.3 is 6.18 Å². The van der Waals surface area contributed by atoms with E-state index in [0.29, 0.717) is 10.4 Å². The van der Waals surface area contributed by atoms with E-state index in [2.05, 4.69) is 15.6 Å². The van der Waals surface area contributed by atoms with Crippen LogP contribution in [-0.2, 0) is 17.4 Å². The van der Waals surface area contributed by atoms with Crippen LogP contribution in [0.25, 0.3) is 0 Å². The van der Waals surface area contributed by atoms with Crippen molar-refractivity contribution in [3.8, 4) is 0 Å². The minimum atomic E-state index is -4.41. The van der Waals surface area contributed by atoms with Crippen LogP contribution < -0.4 is 10.6 Å².